The molecule has 0 saturated carbocycles. The molecule has 0 aromatic heterocycles. The summed E-state index contributed by atoms with van der Waals surface area (Å²) in [5, 5.41) is 11.7. The highest BCUT2D eigenvalue weighted by atomic mass is 16.4. The lowest BCUT2D eigenvalue weighted by Gasteiger charge is -2.31. The summed E-state index contributed by atoms with van der Waals surface area (Å²) in [6.07, 6.45) is 1.42. The number of hydrogen-bond acceptors (Lipinski definition) is 3. The van der Waals surface area contributed by atoms with Gasteiger partial charge < -0.3 is 15.3 Å². The van der Waals surface area contributed by atoms with Gasteiger partial charge in [0.05, 0.1) is 5.41 Å². The maximum atomic E-state index is 12.3. The first kappa shape index (κ1) is 17.5. The lowest BCUT2D eigenvalue weighted by atomic mass is 9.93. The molecule has 6 nitrogen and oxygen atoms in total. The number of amides is 2. The SMILES string of the molecule is CC(C)(C)C(=O)N1CCCC1C(=O)NCC(C)(C)C(=O)O. The highest BCUT2D eigenvalue weighted by Crippen LogP contribution is 2.25. The Kier molecular flexibility index (Phi) is 5.02. The zero-order valence-electron chi connectivity index (χ0n) is 13.5. The molecule has 1 atom stereocenters. The van der Waals surface area contributed by atoms with Crippen LogP contribution >= 0.6 is 0 Å². The van der Waals surface area contributed by atoms with Crippen LogP contribution in [0.4, 0.5) is 0 Å². The molecule has 0 radical (unpaired) electrons. The second-order valence-corrected chi connectivity index (χ2v) is 7.31. The Bertz CT molecular complexity index is 437. The van der Waals surface area contributed by atoms with E-state index in [1.807, 2.05) is 20.8 Å². The number of carbonyl (C=O) groups excluding carboxylic acids is 2. The van der Waals surface area contributed by atoms with Crippen LogP contribution in [0, 0.1) is 10.8 Å². The Morgan fingerprint density at radius 1 is 1.19 bits per heavy atom. The third-order valence-corrected chi connectivity index (χ3v) is 3.74. The Morgan fingerprint density at radius 3 is 2.24 bits per heavy atom. The van der Waals surface area contributed by atoms with Crippen molar-refractivity contribution < 1.29 is 19.5 Å². The molecule has 1 heterocycles. The molecule has 0 aromatic rings. The molecule has 21 heavy (non-hydrogen) atoms. The summed E-state index contributed by atoms with van der Waals surface area (Å²) >= 11 is 0. The first-order chi connectivity index (χ1) is 9.47. The molecule has 1 aliphatic rings. The van der Waals surface area contributed by atoms with Crippen LogP contribution < -0.4 is 5.32 Å². The molecular formula is C15H26N2O4. The lowest BCUT2D eigenvalue weighted by molar-refractivity contribution is -0.148. The van der Waals surface area contributed by atoms with E-state index in [9.17, 15) is 14.4 Å². The highest BCUT2D eigenvalue weighted by Gasteiger charge is 2.39. The fourth-order valence-electron chi connectivity index (χ4n) is 2.21. The van der Waals surface area contributed by atoms with Gasteiger partial charge in [0.25, 0.3) is 0 Å². The number of rotatable bonds is 4. The van der Waals surface area contributed by atoms with Gasteiger partial charge in [-0.05, 0) is 26.7 Å². The minimum atomic E-state index is -1.02. The Balaban J connectivity index is 2.69. The highest BCUT2D eigenvalue weighted by molar-refractivity contribution is 5.90. The zero-order chi connectivity index (χ0) is 16.4. The van der Waals surface area contributed by atoms with Crippen molar-refractivity contribution >= 4 is 17.8 Å². The van der Waals surface area contributed by atoms with Crippen molar-refractivity contribution in [1.82, 2.24) is 10.2 Å². The predicted octanol–water partition coefficient (Wildman–Crippen LogP) is 1.25. The molecule has 0 aliphatic carbocycles. The summed E-state index contributed by atoms with van der Waals surface area (Å²) in [5.74, 6) is -1.27. The molecule has 1 aliphatic heterocycles. The molecule has 1 rings (SSSR count). The van der Waals surface area contributed by atoms with Gasteiger partial charge in [-0.25, -0.2) is 0 Å². The average molecular weight is 298 g/mol. The molecule has 6 heteroatoms. The van der Waals surface area contributed by atoms with E-state index in [1.54, 1.807) is 18.7 Å². The fourth-order valence-corrected chi connectivity index (χ4v) is 2.21. The summed E-state index contributed by atoms with van der Waals surface area (Å²) in [7, 11) is 0. The second kappa shape index (κ2) is 6.03. The van der Waals surface area contributed by atoms with Crippen molar-refractivity contribution in [3.05, 3.63) is 0 Å². The fraction of sp³-hybridized carbons (Fsp3) is 0.800. The standard InChI is InChI=1S/C15H26N2O4/c1-14(2,3)12(19)17-8-6-7-10(17)11(18)16-9-15(4,5)13(20)21/h10H,6-9H2,1-5H3,(H,16,18)(H,20,21). The minimum absolute atomic E-state index is 0.0438. The predicted molar refractivity (Wildman–Crippen MR) is 78.6 cm³/mol. The van der Waals surface area contributed by atoms with Crippen LogP contribution in [0.3, 0.4) is 0 Å². The third-order valence-electron chi connectivity index (χ3n) is 3.74. The first-order valence-corrected chi connectivity index (χ1v) is 7.29. The normalized spacial score (nSPS) is 19.5. The largest absolute Gasteiger partial charge is 0.481 e. The Labute approximate surface area is 125 Å². The summed E-state index contributed by atoms with van der Waals surface area (Å²) in [6, 6.07) is -0.485. The van der Waals surface area contributed by atoms with E-state index in [-0.39, 0.29) is 18.4 Å². The molecule has 2 amide bonds. The Hall–Kier alpha value is -1.59. The molecular weight excluding hydrogens is 272 g/mol. The van der Waals surface area contributed by atoms with Gasteiger partial charge in [0.1, 0.15) is 6.04 Å². The average Bonchev–Trinajstić information content (AvgIpc) is 2.82. The molecule has 1 fully saturated rings. The van der Waals surface area contributed by atoms with E-state index in [0.717, 1.165) is 6.42 Å². The number of aliphatic carboxylic acids is 1. The molecule has 120 valence electrons. The smallest absolute Gasteiger partial charge is 0.310 e. The van der Waals surface area contributed by atoms with Crippen molar-refractivity contribution in [2.24, 2.45) is 10.8 Å². The third kappa shape index (κ3) is 4.19. The van der Waals surface area contributed by atoms with E-state index in [4.69, 9.17) is 5.11 Å². The number of hydrogen-bond donors (Lipinski definition) is 2. The van der Waals surface area contributed by atoms with Crippen LogP contribution in [-0.2, 0) is 14.4 Å². The Morgan fingerprint density at radius 2 is 1.76 bits per heavy atom. The molecule has 1 saturated heterocycles. The number of nitrogens with zero attached hydrogens (tertiary/aromatic N) is 1. The van der Waals surface area contributed by atoms with Gasteiger partial charge in [-0.3, -0.25) is 14.4 Å². The zero-order valence-corrected chi connectivity index (χ0v) is 13.5. The number of carboxylic acids is 1. The number of carboxylic acid groups (broad SMARTS) is 1. The molecule has 0 bridgehead atoms. The van der Waals surface area contributed by atoms with E-state index < -0.39 is 22.8 Å². The quantitative estimate of drug-likeness (QED) is 0.818. The van der Waals surface area contributed by atoms with Crippen molar-refractivity contribution in [3.8, 4) is 0 Å². The number of carbonyl (C=O) groups is 3. The molecule has 0 aromatic carbocycles. The topological polar surface area (TPSA) is 86.7 Å². The van der Waals surface area contributed by atoms with Gasteiger partial charge in [-0.1, -0.05) is 20.8 Å². The minimum Gasteiger partial charge on any atom is -0.481 e. The van der Waals surface area contributed by atoms with E-state index in [1.165, 1.54) is 0 Å². The van der Waals surface area contributed by atoms with E-state index in [0.29, 0.717) is 13.0 Å². The van der Waals surface area contributed by atoms with Crippen LogP contribution in [0.15, 0.2) is 0 Å². The van der Waals surface area contributed by atoms with E-state index >= 15 is 0 Å². The van der Waals surface area contributed by atoms with Crippen molar-refractivity contribution in [2.75, 3.05) is 13.1 Å². The van der Waals surface area contributed by atoms with Gasteiger partial charge in [-0.2, -0.15) is 0 Å². The second-order valence-electron chi connectivity index (χ2n) is 7.31. The van der Waals surface area contributed by atoms with Crippen molar-refractivity contribution in [3.63, 3.8) is 0 Å². The lowest BCUT2D eigenvalue weighted by Crippen LogP contribution is -2.51. The number of nitrogens with one attached hydrogen (secondary N) is 1. The summed E-state index contributed by atoms with van der Waals surface area (Å²) in [4.78, 5) is 37.3. The van der Waals surface area contributed by atoms with Crippen molar-refractivity contribution in [1.29, 1.82) is 0 Å². The summed E-state index contributed by atoms with van der Waals surface area (Å²) in [6.45, 7) is 9.23. The first-order valence-electron chi connectivity index (χ1n) is 7.29. The maximum Gasteiger partial charge on any atom is 0.310 e. The van der Waals surface area contributed by atoms with Crippen LogP contribution in [0.25, 0.3) is 0 Å². The molecule has 1 unspecified atom stereocenters. The van der Waals surface area contributed by atoms with Crippen LogP contribution in [0.1, 0.15) is 47.5 Å². The van der Waals surface area contributed by atoms with Crippen molar-refractivity contribution in [2.45, 2.75) is 53.5 Å². The summed E-state index contributed by atoms with van der Waals surface area (Å²) < 4.78 is 0. The number of likely N-dealkylation sites (tertiary alicyclic amines) is 1. The maximum absolute atomic E-state index is 12.3. The monoisotopic (exact) mass is 298 g/mol. The van der Waals surface area contributed by atoms with Crippen LogP contribution in [-0.4, -0.2) is 46.9 Å². The molecule has 2 N–H and O–H groups in total. The summed E-state index contributed by atoms with van der Waals surface area (Å²) in [5.41, 5.74) is -1.55. The van der Waals surface area contributed by atoms with Gasteiger partial charge in [0.15, 0.2) is 0 Å². The van der Waals surface area contributed by atoms with Gasteiger partial charge >= 0.3 is 5.97 Å². The molecule has 0 spiro atoms. The van der Waals surface area contributed by atoms with Crippen LogP contribution in [0.5, 0.6) is 0 Å². The van der Waals surface area contributed by atoms with E-state index in [2.05, 4.69) is 5.32 Å². The van der Waals surface area contributed by atoms with Gasteiger partial charge in [0, 0.05) is 18.5 Å². The van der Waals surface area contributed by atoms with Crippen LogP contribution in [0.2, 0.25) is 0 Å². The van der Waals surface area contributed by atoms with Gasteiger partial charge in [0.2, 0.25) is 11.8 Å². The van der Waals surface area contributed by atoms with Gasteiger partial charge in [-0.15, -0.1) is 0 Å².